The predicted molar refractivity (Wildman–Crippen MR) is 57.4 cm³/mol. The molecular formula is C11H13NO4. The molecule has 0 aliphatic carbocycles. The van der Waals surface area contributed by atoms with Crippen LogP contribution in [0.25, 0.3) is 0 Å². The summed E-state index contributed by atoms with van der Waals surface area (Å²) >= 11 is 0. The first-order valence-electron chi connectivity index (χ1n) is 4.87. The van der Waals surface area contributed by atoms with E-state index in [4.69, 9.17) is 10.2 Å². The molecule has 1 amide bonds. The van der Waals surface area contributed by atoms with E-state index in [-0.39, 0.29) is 18.1 Å². The number of carbonyl (C=O) groups excluding carboxylic acids is 1. The fourth-order valence-corrected chi connectivity index (χ4v) is 1.18. The van der Waals surface area contributed by atoms with Crippen LogP contribution >= 0.6 is 0 Å². The number of aliphatic hydroxyl groups excluding tert-OH is 1. The van der Waals surface area contributed by atoms with Crippen molar-refractivity contribution in [1.29, 1.82) is 0 Å². The molecule has 0 aliphatic heterocycles. The zero-order chi connectivity index (χ0) is 12.0. The van der Waals surface area contributed by atoms with E-state index >= 15 is 0 Å². The molecule has 0 aliphatic rings. The molecule has 0 saturated heterocycles. The summed E-state index contributed by atoms with van der Waals surface area (Å²) in [5.41, 5.74) is 0.382. The maximum atomic E-state index is 11.5. The first kappa shape index (κ1) is 12.2. The first-order valence-corrected chi connectivity index (χ1v) is 4.87. The van der Waals surface area contributed by atoms with Crippen LogP contribution in [0.4, 0.5) is 0 Å². The lowest BCUT2D eigenvalue weighted by atomic mass is 10.1. The average Bonchev–Trinajstić information content (AvgIpc) is 2.29. The van der Waals surface area contributed by atoms with Gasteiger partial charge in [-0.3, -0.25) is 4.79 Å². The molecule has 0 spiro atoms. The van der Waals surface area contributed by atoms with E-state index in [0.29, 0.717) is 18.5 Å². The molecule has 5 nitrogen and oxygen atoms in total. The smallest absolute Gasteiger partial charge is 0.335 e. The van der Waals surface area contributed by atoms with E-state index in [2.05, 4.69) is 5.32 Å². The van der Waals surface area contributed by atoms with Crippen molar-refractivity contribution in [3.05, 3.63) is 35.4 Å². The van der Waals surface area contributed by atoms with Crippen molar-refractivity contribution in [3.8, 4) is 0 Å². The van der Waals surface area contributed by atoms with Gasteiger partial charge in [0.1, 0.15) is 0 Å². The van der Waals surface area contributed by atoms with Gasteiger partial charge >= 0.3 is 5.97 Å². The zero-order valence-corrected chi connectivity index (χ0v) is 8.64. The summed E-state index contributed by atoms with van der Waals surface area (Å²) in [4.78, 5) is 22.2. The summed E-state index contributed by atoms with van der Waals surface area (Å²) in [6, 6.07) is 5.80. The molecule has 0 saturated carbocycles. The highest BCUT2D eigenvalue weighted by Gasteiger charge is 2.08. The van der Waals surface area contributed by atoms with Crippen molar-refractivity contribution in [3.63, 3.8) is 0 Å². The summed E-state index contributed by atoms with van der Waals surface area (Å²) in [6.07, 6.45) is 0.477. The number of hydrogen-bond donors (Lipinski definition) is 3. The fourth-order valence-electron chi connectivity index (χ4n) is 1.18. The highest BCUT2D eigenvalue weighted by atomic mass is 16.4. The predicted octanol–water partition coefficient (Wildman–Crippen LogP) is 0.497. The molecule has 0 aromatic heterocycles. The van der Waals surface area contributed by atoms with Gasteiger partial charge in [0, 0.05) is 18.7 Å². The van der Waals surface area contributed by atoms with E-state index in [1.165, 1.54) is 18.2 Å². The lowest BCUT2D eigenvalue weighted by molar-refractivity contribution is 0.0697. The Hall–Kier alpha value is -1.88. The zero-order valence-electron chi connectivity index (χ0n) is 8.64. The van der Waals surface area contributed by atoms with E-state index in [1.54, 1.807) is 6.07 Å². The SMILES string of the molecule is O=C(O)c1cccc(C(=O)NCCCO)c1. The van der Waals surface area contributed by atoms with Crippen LogP contribution in [-0.4, -0.2) is 35.2 Å². The Bertz CT molecular complexity index is 389. The molecule has 1 rings (SSSR count). The third-order valence-electron chi connectivity index (χ3n) is 1.99. The minimum absolute atomic E-state index is 0.00937. The van der Waals surface area contributed by atoms with Gasteiger partial charge in [0.2, 0.25) is 0 Å². The number of rotatable bonds is 5. The summed E-state index contributed by atoms with van der Waals surface area (Å²) in [5.74, 6) is -1.40. The molecule has 0 fully saturated rings. The number of aliphatic hydroxyl groups is 1. The minimum Gasteiger partial charge on any atom is -0.478 e. The highest BCUT2D eigenvalue weighted by molar-refractivity contribution is 5.97. The van der Waals surface area contributed by atoms with Gasteiger partial charge in [-0.05, 0) is 24.6 Å². The molecule has 3 N–H and O–H groups in total. The summed E-state index contributed by atoms with van der Waals surface area (Å²) in [7, 11) is 0. The van der Waals surface area contributed by atoms with Gasteiger partial charge in [-0.1, -0.05) is 6.07 Å². The molecular weight excluding hydrogens is 210 g/mol. The molecule has 0 radical (unpaired) electrons. The van der Waals surface area contributed by atoms with Crippen molar-refractivity contribution in [2.24, 2.45) is 0 Å². The number of carboxylic acid groups (broad SMARTS) is 1. The minimum atomic E-state index is -1.06. The van der Waals surface area contributed by atoms with Gasteiger partial charge in [0.15, 0.2) is 0 Å². The number of amides is 1. The Labute approximate surface area is 92.7 Å². The first-order chi connectivity index (χ1) is 7.65. The van der Waals surface area contributed by atoms with Crippen molar-refractivity contribution in [1.82, 2.24) is 5.32 Å². The van der Waals surface area contributed by atoms with Crippen molar-refractivity contribution < 1.29 is 19.8 Å². The van der Waals surface area contributed by atoms with Crippen molar-refractivity contribution in [2.75, 3.05) is 13.2 Å². The van der Waals surface area contributed by atoms with Crippen molar-refractivity contribution in [2.45, 2.75) is 6.42 Å². The highest BCUT2D eigenvalue weighted by Crippen LogP contribution is 2.05. The summed E-state index contributed by atoms with van der Waals surface area (Å²) in [5, 5.41) is 19.9. The van der Waals surface area contributed by atoms with Crippen LogP contribution in [0.1, 0.15) is 27.1 Å². The molecule has 0 heterocycles. The topological polar surface area (TPSA) is 86.6 Å². The Kier molecular flexibility index (Phi) is 4.47. The number of nitrogens with one attached hydrogen (secondary N) is 1. The van der Waals surface area contributed by atoms with Gasteiger partial charge in [0.25, 0.3) is 5.91 Å². The Balaban J connectivity index is 2.68. The fraction of sp³-hybridized carbons (Fsp3) is 0.273. The third-order valence-corrected chi connectivity index (χ3v) is 1.99. The molecule has 0 bridgehead atoms. The quantitative estimate of drug-likeness (QED) is 0.634. The third kappa shape index (κ3) is 3.36. The van der Waals surface area contributed by atoms with E-state index in [0.717, 1.165) is 0 Å². The van der Waals surface area contributed by atoms with Gasteiger partial charge in [-0.25, -0.2) is 4.79 Å². The molecule has 5 heteroatoms. The summed E-state index contributed by atoms with van der Waals surface area (Å²) < 4.78 is 0. The van der Waals surface area contributed by atoms with Crippen LogP contribution in [0.2, 0.25) is 0 Å². The van der Waals surface area contributed by atoms with Crippen molar-refractivity contribution >= 4 is 11.9 Å². The molecule has 0 atom stereocenters. The van der Waals surface area contributed by atoms with Crippen LogP contribution in [0, 0.1) is 0 Å². The second-order valence-electron chi connectivity index (χ2n) is 3.22. The van der Waals surface area contributed by atoms with E-state index in [1.807, 2.05) is 0 Å². The van der Waals surface area contributed by atoms with Crippen LogP contribution in [0.3, 0.4) is 0 Å². The Morgan fingerprint density at radius 1 is 1.25 bits per heavy atom. The second kappa shape index (κ2) is 5.87. The average molecular weight is 223 g/mol. The van der Waals surface area contributed by atoms with Gasteiger partial charge in [-0.2, -0.15) is 0 Å². The van der Waals surface area contributed by atoms with E-state index in [9.17, 15) is 9.59 Å². The lowest BCUT2D eigenvalue weighted by Crippen LogP contribution is -2.25. The maximum absolute atomic E-state index is 11.5. The van der Waals surface area contributed by atoms with Crippen LogP contribution in [0.5, 0.6) is 0 Å². The molecule has 86 valence electrons. The number of carboxylic acids is 1. The number of hydrogen-bond acceptors (Lipinski definition) is 3. The lowest BCUT2D eigenvalue weighted by Gasteiger charge is -2.04. The monoisotopic (exact) mass is 223 g/mol. The second-order valence-corrected chi connectivity index (χ2v) is 3.22. The van der Waals surface area contributed by atoms with Gasteiger partial charge < -0.3 is 15.5 Å². The molecule has 0 unspecified atom stereocenters. The number of aromatic carboxylic acids is 1. The van der Waals surface area contributed by atoms with Crippen LogP contribution in [-0.2, 0) is 0 Å². The Morgan fingerprint density at radius 2 is 1.94 bits per heavy atom. The van der Waals surface area contributed by atoms with Gasteiger partial charge in [-0.15, -0.1) is 0 Å². The van der Waals surface area contributed by atoms with Crippen LogP contribution < -0.4 is 5.32 Å². The Morgan fingerprint density at radius 3 is 2.56 bits per heavy atom. The summed E-state index contributed by atoms with van der Waals surface area (Å²) in [6.45, 7) is 0.377. The normalized spacial score (nSPS) is 9.81. The largest absolute Gasteiger partial charge is 0.478 e. The molecule has 16 heavy (non-hydrogen) atoms. The standard InChI is InChI=1S/C11H13NO4/c13-6-2-5-12-10(14)8-3-1-4-9(7-8)11(15)16/h1,3-4,7,13H,2,5-6H2,(H,12,14)(H,15,16). The molecule has 1 aromatic rings. The number of carbonyl (C=O) groups is 2. The molecule has 1 aromatic carbocycles. The number of benzene rings is 1. The maximum Gasteiger partial charge on any atom is 0.335 e. The van der Waals surface area contributed by atoms with Gasteiger partial charge in [0.05, 0.1) is 5.56 Å². The van der Waals surface area contributed by atoms with Crippen LogP contribution in [0.15, 0.2) is 24.3 Å². The van der Waals surface area contributed by atoms with E-state index < -0.39 is 5.97 Å².